The molecule has 4 heteroatoms. The summed E-state index contributed by atoms with van der Waals surface area (Å²) in [7, 11) is 0. The first-order chi connectivity index (χ1) is 6.62. The molecule has 1 heterocycles. The predicted octanol–water partition coefficient (Wildman–Crippen LogP) is 2.15. The van der Waals surface area contributed by atoms with Crippen LogP contribution in [0.3, 0.4) is 0 Å². The fraction of sp³-hybridized carbons (Fsp3) is 0.818. The fourth-order valence-electron chi connectivity index (χ4n) is 1.16. The Labute approximate surface area is 91.7 Å². The van der Waals surface area contributed by atoms with Gasteiger partial charge in [-0.2, -0.15) is 5.10 Å². The van der Waals surface area contributed by atoms with Gasteiger partial charge in [-0.15, -0.1) is 0 Å². The first kappa shape index (κ1) is 12.2. The summed E-state index contributed by atoms with van der Waals surface area (Å²) in [6, 6.07) is -0.110. The Bertz CT molecular complexity index is 327. The van der Waals surface area contributed by atoms with Gasteiger partial charge in [0.25, 0.3) is 0 Å². The molecule has 1 rings (SSSR count). The third-order valence-corrected chi connectivity index (χ3v) is 2.40. The van der Waals surface area contributed by atoms with Crippen LogP contribution in [-0.4, -0.2) is 15.2 Å². The Morgan fingerprint density at radius 2 is 1.67 bits per heavy atom. The van der Waals surface area contributed by atoms with Crippen LogP contribution >= 0.6 is 0 Å². The summed E-state index contributed by atoms with van der Waals surface area (Å²) in [5.41, 5.74) is 6.05. The summed E-state index contributed by atoms with van der Waals surface area (Å²) >= 11 is 0. The number of nitrogens with two attached hydrogens (primary N) is 1. The molecular weight excluding hydrogens is 188 g/mol. The highest BCUT2D eigenvalue weighted by Gasteiger charge is 2.27. The van der Waals surface area contributed by atoms with Crippen LogP contribution in [0.2, 0.25) is 0 Å². The quantitative estimate of drug-likeness (QED) is 0.746. The molecule has 0 aliphatic heterocycles. The van der Waals surface area contributed by atoms with Gasteiger partial charge in [0.1, 0.15) is 5.82 Å². The third kappa shape index (κ3) is 2.78. The number of aromatic nitrogens is 3. The van der Waals surface area contributed by atoms with Gasteiger partial charge < -0.3 is 5.73 Å². The molecule has 3 N–H and O–H groups in total. The zero-order chi connectivity index (χ0) is 11.9. The Balaban J connectivity index is 2.95. The minimum absolute atomic E-state index is 0.00527. The Kier molecular flexibility index (Phi) is 2.92. The van der Waals surface area contributed by atoms with E-state index in [1.54, 1.807) is 0 Å². The van der Waals surface area contributed by atoms with E-state index in [0.717, 1.165) is 11.6 Å². The topological polar surface area (TPSA) is 67.6 Å². The van der Waals surface area contributed by atoms with Crippen molar-refractivity contribution in [2.45, 2.75) is 53.0 Å². The molecule has 0 unspecified atom stereocenters. The van der Waals surface area contributed by atoms with E-state index in [1.165, 1.54) is 0 Å². The molecule has 0 aromatic carbocycles. The van der Waals surface area contributed by atoms with Gasteiger partial charge in [-0.1, -0.05) is 41.5 Å². The number of aromatic amines is 1. The second kappa shape index (κ2) is 3.59. The number of hydrogen-bond donors (Lipinski definition) is 2. The summed E-state index contributed by atoms with van der Waals surface area (Å²) in [5, 5.41) is 7.14. The lowest BCUT2D eigenvalue weighted by Crippen LogP contribution is -2.27. The molecule has 15 heavy (non-hydrogen) atoms. The van der Waals surface area contributed by atoms with Gasteiger partial charge >= 0.3 is 0 Å². The van der Waals surface area contributed by atoms with Crippen LogP contribution in [-0.2, 0) is 5.41 Å². The van der Waals surface area contributed by atoms with Crippen LogP contribution < -0.4 is 5.73 Å². The highest BCUT2D eigenvalue weighted by molar-refractivity contribution is 5.06. The van der Waals surface area contributed by atoms with Crippen LogP contribution in [0, 0.1) is 5.41 Å². The first-order valence-electron chi connectivity index (χ1n) is 5.31. The largest absolute Gasteiger partial charge is 0.321 e. The number of nitrogens with one attached hydrogen (secondary N) is 1. The minimum atomic E-state index is -0.110. The van der Waals surface area contributed by atoms with Gasteiger partial charge in [0.2, 0.25) is 0 Å². The highest BCUT2D eigenvalue weighted by Crippen LogP contribution is 2.29. The molecule has 1 aromatic heterocycles. The summed E-state index contributed by atoms with van der Waals surface area (Å²) in [6.45, 7) is 12.5. The van der Waals surface area contributed by atoms with Crippen molar-refractivity contribution in [1.82, 2.24) is 15.2 Å². The van der Waals surface area contributed by atoms with Crippen molar-refractivity contribution in [3.8, 4) is 0 Å². The van der Waals surface area contributed by atoms with E-state index < -0.39 is 0 Å². The number of hydrogen-bond acceptors (Lipinski definition) is 3. The van der Waals surface area contributed by atoms with Crippen molar-refractivity contribution in [2.75, 3.05) is 0 Å². The molecule has 1 aromatic rings. The average molecular weight is 210 g/mol. The normalized spacial score (nSPS) is 15.4. The van der Waals surface area contributed by atoms with Gasteiger partial charge in [-0.25, -0.2) is 4.98 Å². The number of nitrogens with zero attached hydrogens (tertiary/aromatic N) is 2. The SMILES string of the molecule is CC(C)(C)c1n[nH]c([C@H](N)C(C)(C)C)n1. The van der Waals surface area contributed by atoms with E-state index in [2.05, 4.69) is 56.7 Å². The van der Waals surface area contributed by atoms with Crippen molar-refractivity contribution < 1.29 is 0 Å². The maximum Gasteiger partial charge on any atom is 0.156 e. The number of rotatable bonds is 1. The van der Waals surface area contributed by atoms with E-state index in [0.29, 0.717) is 0 Å². The summed E-state index contributed by atoms with van der Waals surface area (Å²) in [5.74, 6) is 1.59. The zero-order valence-corrected chi connectivity index (χ0v) is 10.5. The first-order valence-corrected chi connectivity index (χ1v) is 5.31. The highest BCUT2D eigenvalue weighted by atomic mass is 15.2. The van der Waals surface area contributed by atoms with Gasteiger partial charge in [0, 0.05) is 5.41 Å². The molecular formula is C11H22N4. The molecule has 0 amide bonds. The van der Waals surface area contributed by atoms with Gasteiger partial charge in [0.15, 0.2) is 5.82 Å². The molecule has 4 nitrogen and oxygen atoms in total. The molecule has 0 saturated heterocycles. The van der Waals surface area contributed by atoms with Crippen LogP contribution in [0.15, 0.2) is 0 Å². The van der Waals surface area contributed by atoms with E-state index in [9.17, 15) is 0 Å². The summed E-state index contributed by atoms with van der Waals surface area (Å²) in [6.07, 6.45) is 0. The van der Waals surface area contributed by atoms with Gasteiger partial charge in [0.05, 0.1) is 6.04 Å². The Morgan fingerprint density at radius 3 is 2.00 bits per heavy atom. The predicted molar refractivity (Wildman–Crippen MR) is 61.5 cm³/mol. The summed E-state index contributed by atoms with van der Waals surface area (Å²) < 4.78 is 0. The molecule has 86 valence electrons. The molecule has 1 atom stereocenters. The monoisotopic (exact) mass is 210 g/mol. The smallest absolute Gasteiger partial charge is 0.156 e. The van der Waals surface area contributed by atoms with Crippen molar-refractivity contribution in [3.63, 3.8) is 0 Å². The fourth-order valence-corrected chi connectivity index (χ4v) is 1.16. The van der Waals surface area contributed by atoms with Gasteiger partial charge in [-0.3, -0.25) is 5.10 Å². The molecule has 0 radical (unpaired) electrons. The third-order valence-electron chi connectivity index (χ3n) is 2.40. The minimum Gasteiger partial charge on any atom is -0.321 e. The lowest BCUT2D eigenvalue weighted by atomic mass is 9.87. The van der Waals surface area contributed by atoms with E-state index in [4.69, 9.17) is 5.73 Å². The van der Waals surface area contributed by atoms with E-state index in [-0.39, 0.29) is 16.9 Å². The maximum absolute atomic E-state index is 6.09. The maximum atomic E-state index is 6.09. The van der Waals surface area contributed by atoms with Crippen LogP contribution in [0.25, 0.3) is 0 Å². The van der Waals surface area contributed by atoms with Crippen molar-refractivity contribution in [1.29, 1.82) is 0 Å². The molecule has 0 spiro atoms. The van der Waals surface area contributed by atoms with Crippen LogP contribution in [0.1, 0.15) is 59.2 Å². The van der Waals surface area contributed by atoms with E-state index in [1.807, 2.05) is 0 Å². The standard InChI is InChI=1S/C11H22N4/c1-10(2,3)7(12)8-13-9(15-14-8)11(4,5)6/h7H,12H2,1-6H3,(H,13,14,15)/t7-/m0/s1. The van der Waals surface area contributed by atoms with Crippen molar-refractivity contribution >= 4 is 0 Å². The van der Waals surface area contributed by atoms with Crippen LogP contribution in [0.4, 0.5) is 0 Å². The van der Waals surface area contributed by atoms with E-state index >= 15 is 0 Å². The second-order valence-corrected chi connectivity index (χ2v) is 6.14. The number of H-pyrrole nitrogens is 1. The zero-order valence-electron chi connectivity index (χ0n) is 10.5. The average Bonchev–Trinajstić information content (AvgIpc) is 2.47. The molecule has 0 aliphatic carbocycles. The van der Waals surface area contributed by atoms with Gasteiger partial charge in [-0.05, 0) is 5.41 Å². The van der Waals surface area contributed by atoms with Crippen molar-refractivity contribution in [3.05, 3.63) is 11.6 Å². The lowest BCUT2D eigenvalue weighted by Gasteiger charge is -2.24. The van der Waals surface area contributed by atoms with Crippen molar-refractivity contribution in [2.24, 2.45) is 11.1 Å². The Hall–Kier alpha value is -0.900. The lowest BCUT2D eigenvalue weighted by molar-refractivity contribution is 0.315. The van der Waals surface area contributed by atoms with Crippen LogP contribution in [0.5, 0.6) is 0 Å². The molecule has 0 saturated carbocycles. The second-order valence-electron chi connectivity index (χ2n) is 6.14. The molecule has 0 fully saturated rings. The Morgan fingerprint density at radius 1 is 1.13 bits per heavy atom. The molecule has 0 aliphatic rings. The molecule has 0 bridgehead atoms. The summed E-state index contributed by atoms with van der Waals surface area (Å²) in [4.78, 5) is 4.46.